The normalized spacial score (nSPS) is 14.9. The maximum Gasteiger partial charge on any atom is 0.338 e. The summed E-state index contributed by atoms with van der Waals surface area (Å²) in [4.78, 5) is 17.7. The van der Waals surface area contributed by atoms with Crippen LogP contribution in [0.4, 0.5) is 5.95 Å². The second kappa shape index (κ2) is 12.0. The van der Waals surface area contributed by atoms with Crippen molar-refractivity contribution < 1.29 is 14.3 Å². The summed E-state index contributed by atoms with van der Waals surface area (Å²) < 4.78 is 13.2. The van der Waals surface area contributed by atoms with Crippen LogP contribution in [0.25, 0.3) is 0 Å². The summed E-state index contributed by atoms with van der Waals surface area (Å²) >= 11 is 13.7. The Labute approximate surface area is 225 Å². The molecule has 36 heavy (non-hydrogen) atoms. The zero-order valence-corrected chi connectivity index (χ0v) is 22.7. The molecule has 1 N–H and O–H groups in total. The van der Waals surface area contributed by atoms with Crippen LogP contribution in [0.15, 0.2) is 58.9 Å². The summed E-state index contributed by atoms with van der Waals surface area (Å²) in [6.07, 6.45) is 1.76. The van der Waals surface area contributed by atoms with Crippen LogP contribution in [-0.2, 0) is 16.1 Å². The van der Waals surface area contributed by atoms with Crippen LogP contribution in [0.3, 0.4) is 0 Å². The van der Waals surface area contributed by atoms with Gasteiger partial charge in [-0.05, 0) is 55.2 Å². The monoisotopic (exact) mass is 546 g/mol. The number of thioether (sulfide) groups is 1. The highest BCUT2D eigenvalue weighted by molar-refractivity contribution is 7.99. The Morgan fingerprint density at radius 3 is 2.58 bits per heavy atom. The predicted octanol–water partition coefficient (Wildman–Crippen LogP) is 6.91. The van der Waals surface area contributed by atoms with E-state index in [1.807, 2.05) is 44.2 Å². The van der Waals surface area contributed by atoms with Crippen molar-refractivity contribution in [2.24, 2.45) is 0 Å². The summed E-state index contributed by atoms with van der Waals surface area (Å²) in [6, 6.07) is 12.6. The maximum atomic E-state index is 13.1. The first-order valence-corrected chi connectivity index (χ1v) is 13.6. The summed E-state index contributed by atoms with van der Waals surface area (Å²) in [5, 5.41) is 9.61. The van der Waals surface area contributed by atoms with E-state index in [0.29, 0.717) is 51.4 Å². The number of allylic oxidation sites excluding steroid dienone is 1. The van der Waals surface area contributed by atoms with Gasteiger partial charge < -0.3 is 14.8 Å². The van der Waals surface area contributed by atoms with Gasteiger partial charge in [0.05, 0.1) is 22.2 Å². The molecular formula is C26H28Cl2N4O3S. The van der Waals surface area contributed by atoms with Crippen LogP contribution in [0.2, 0.25) is 10.0 Å². The van der Waals surface area contributed by atoms with Crippen molar-refractivity contribution in [3.05, 3.63) is 74.9 Å². The number of carbonyl (C=O) groups excluding carboxylic acids is 1. The largest absolute Gasteiger partial charge is 0.489 e. The Bertz CT molecular complexity index is 1260. The molecule has 1 unspecified atom stereocenters. The first-order chi connectivity index (χ1) is 17.4. The Balaban J connectivity index is 1.61. The fourth-order valence-corrected chi connectivity index (χ4v) is 4.78. The SMILES string of the molecule is CCCOC(=O)C1=C(C)Nc2nc(SCCC)nn2C1c1ccc(OCc2ccc(Cl)c(Cl)c2)cc1. The van der Waals surface area contributed by atoms with Gasteiger partial charge in [0.1, 0.15) is 18.4 Å². The summed E-state index contributed by atoms with van der Waals surface area (Å²) in [7, 11) is 0. The molecule has 2 heterocycles. The standard InChI is InChI=1S/C26H28Cl2N4O3S/c1-4-12-34-24(33)22-16(3)29-25-30-26(36-13-5-2)31-32(25)23(22)18-7-9-19(10-8-18)35-15-17-6-11-20(27)21(28)14-17/h6-11,14,23H,4-5,12-13,15H2,1-3H3,(H,29,30,31). The number of hydrogen-bond acceptors (Lipinski definition) is 7. The van der Waals surface area contributed by atoms with Gasteiger partial charge in [-0.1, -0.05) is 67.0 Å². The highest BCUT2D eigenvalue weighted by Gasteiger charge is 2.35. The van der Waals surface area contributed by atoms with Gasteiger partial charge in [-0.15, -0.1) is 5.10 Å². The Kier molecular flexibility index (Phi) is 8.82. The average molecular weight is 548 g/mol. The van der Waals surface area contributed by atoms with Crippen LogP contribution in [0.1, 0.15) is 50.8 Å². The second-order valence-corrected chi connectivity index (χ2v) is 10.2. The molecule has 2 aromatic carbocycles. The lowest BCUT2D eigenvalue weighted by atomic mass is 9.96. The molecule has 0 aliphatic carbocycles. The fourth-order valence-electron chi connectivity index (χ4n) is 3.77. The van der Waals surface area contributed by atoms with Crippen molar-refractivity contribution >= 4 is 46.9 Å². The van der Waals surface area contributed by atoms with Gasteiger partial charge in [-0.2, -0.15) is 4.98 Å². The number of esters is 1. The quantitative estimate of drug-likeness (QED) is 0.218. The van der Waals surface area contributed by atoms with E-state index in [4.69, 9.17) is 37.8 Å². The molecule has 0 bridgehead atoms. The lowest BCUT2D eigenvalue weighted by Gasteiger charge is -2.28. The molecule has 0 amide bonds. The number of ether oxygens (including phenoxy) is 2. The molecule has 0 saturated heterocycles. The van der Waals surface area contributed by atoms with E-state index in [0.717, 1.165) is 29.7 Å². The number of rotatable bonds is 10. The van der Waals surface area contributed by atoms with Crippen molar-refractivity contribution in [1.82, 2.24) is 14.8 Å². The number of halogens is 2. The minimum atomic E-state index is -0.474. The Morgan fingerprint density at radius 1 is 1.11 bits per heavy atom. The molecule has 1 atom stereocenters. The molecule has 3 aromatic rings. The zero-order chi connectivity index (χ0) is 25.7. The number of benzene rings is 2. The second-order valence-electron chi connectivity index (χ2n) is 8.32. The third-order valence-electron chi connectivity index (χ3n) is 5.51. The van der Waals surface area contributed by atoms with Gasteiger partial charge in [-0.25, -0.2) is 9.48 Å². The van der Waals surface area contributed by atoms with Crippen LogP contribution in [-0.4, -0.2) is 33.1 Å². The maximum absolute atomic E-state index is 13.1. The predicted molar refractivity (Wildman–Crippen MR) is 144 cm³/mol. The van der Waals surface area contributed by atoms with Gasteiger partial charge in [-0.3, -0.25) is 0 Å². The number of hydrogen-bond donors (Lipinski definition) is 1. The first-order valence-electron chi connectivity index (χ1n) is 11.8. The lowest BCUT2D eigenvalue weighted by molar-refractivity contribution is -0.139. The van der Waals surface area contributed by atoms with E-state index < -0.39 is 6.04 Å². The Hall–Kier alpha value is -2.68. The lowest BCUT2D eigenvalue weighted by Crippen LogP contribution is -2.29. The van der Waals surface area contributed by atoms with E-state index in [1.54, 1.807) is 28.6 Å². The van der Waals surface area contributed by atoms with Crippen LogP contribution in [0, 0.1) is 0 Å². The number of fused-ring (bicyclic) bond motifs is 1. The van der Waals surface area contributed by atoms with Crippen LogP contribution >= 0.6 is 35.0 Å². The van der Waals surface area contributed by atoms with Crippen LogP contribution < -0.4 is 10.1 Å². The minimum absolute atomic E-state index is 0.350. The average Bonchev–Trinajstić information content (AvgIpc) is 3.28. The molecular weight excluding hydrogens is 519 g/mol. The molecule has 0 fully saturated rings. The highest BCUT2D eigenvalue weighted by atomic mass is 35.5. The van der Waals surface area contributed by atoms with Gasteiger partial charge in [0.2, 0.25) is 11.1 Å². The van der Waals surface area contributed by atoms with E-state index in [2.05, 4.69) is 17.2 Å². The van der Waals surface area contributed by atoms with Crippen molar-refractivity contribution in [2.45, 2.75) is 51.4 Å². The fraction of sp³-hybridized carbons (Fsp3) is 0.346. The van der Waals surface area contributed by atoms with E-state index in [9.17, 15) is 4.79 Å². The molecule has 0 saturated carbocycles. The molecule has 1 aromatic heterocycles. The highest BCUT2D eigenvalue weighted by Crippen LogP contribution is 2.37. The molecule has 1 aliphatic heterocycles. The van der Waals surface area contributed by atoms with E-state index in [1.165, 1.54) is 0 Å². The van der Waals surface area contributed by atoms with Crippen LogP contribution in [0.5, 0.6) is 5.75 Å². The molecule has 10 heteroatoms. The molecule has 190 valence electrons. The zero-order valence-electron chi connectivity index (χ0n) is 20.4. The number of aromatic nitrogens is 3. The molecule has 4 rings (SSSR count). The molecule has 1 aliphatic rings. The van der Waals surface area contributed by atoms with Crippen molar-refractivity contribution in [2.75, 3.05) is 17.7 Å². The minimum Gasteiger partial charge on any atom is -0.489 e. The molecule has 0 radical (unpaired) electrons. The van der Waals surface area contributed by atoms with Crippen molar-refractivity contribution in [3.8, 4) is 5.75 Å². The third-order valence-corrected chi connectivity index (χ3v) is 7.29. The number of anilines is 1. The van der Waals surface area contributed by atoms with Gasteiger partial charge in [0, 0.05) is 11.4 Å². The first kappa shape index (κ1) is 26.4. The summed E-state index contributed by atoms with van der Waals surface area (Å²) in [5.41, 5.74) is 3.00. The molecule has 7 nitrogen and oxygen atoms in total. The summed E-state index contributed by atoms with van der Waals surface area (Å²) in [5.74, 6) is 1.84. The number of nitrogens with zero attached hydrogens (tertiary/aromatic N) is 3. The number of carbonyl (C=O) groups is 1. The topological polar surface area (TPSA) is 78.3 Å². The van der Waals surface area contributed by atoms with Gasteiger partial charge in [0.25, 0.3) is 0 Å². The van der Waals surface area contributed by atoms with Crippen molar-refractivity contribution in [1.29, 1.82) is 0 Å². The van der Waals surface area contributed by atoms with Crippen molar-refractivity contribution in [3.63, 3.8) is 0 Å². The smallest absolute Gasteiger partial charge is 0.338 e. The number of nitrogens with one attached hydrogen (secondary N) is 1. The van der Waals surface area contributed by atoms with Gasteiger partial charge in [0.15, 0.2) is 0 Å². The third kappa shape index (κ3) is 5.99. The summed E-state index contributed by atoms with van der Waals surface area (Å²) in [6.45, 7) is 6.65. The molecule has 0 spiro atoms. The van der Waals surface area contributed by atoms with E-state index >= 15 is 0 Å². The van der Waals surface area contributed by atoms with Gasteiger partial charge >= 0.3 is 5.97 Å². The Morgan fingerprint density at radius 2 is 1.89 bits per heavy atom. The van der Waals surface area contributed by atoms with E-state index in [-0.39, 0.29) is 5.97 Å².